The van der Waals surface area contributed by atoms with E-state index >= 15 is 0 Å². The predicted molar refractivity (Wildman–Crippen MR) is 139 cm³/mol. The molecule has 1 aliphatic carbocycles. The zero-order valence-electron chi connectivity index (χ0n) is 20.7. The summed E-state index contributed by atoms with van der Waals surface area (Å²) in [6.07, 6.45) is 6.16. The predicted octanol–water partition coefficient (Wildman–Crippen LogP) is 3.26. The summed E-state index contributed by atoms with van der Waals surface area (Å²) in [4.78, 5) is 43.2. The zero-order chi connectivity index (χ0) is 25.1. The Hall–Kier alpha value is -3.75. The lowest BCUT2D eigenvalue weighted by atomic mass is 10.0. The van der Waals surface area contributed by atoms with E-state index in [2.05, 4.69) is 50.1 Å². The van der Waals surface area contributed by atoms with Crippen LogP contribution in [0.1, 0.15) is 50.4 Å². The third-order valence-corrected chi connectivity index (χ3v) is 6.65. The lowest BCUT2D eigenvalue weighted by Crippen LogP contribution is -2.43. The topological polar surface area (TPSA) is 91.3 Å². The van der Waals surface area contributed by atoms with Gasteiger partial charge in [-0.1, -0.05) is 35.9 Å². The Morgan fingerprint density at radius 1 is 1.03 bits per heavy atom. The number of aromatic nitrogens is 3. The van der Waals surface area contributed by atoms with E-state index in [-0.39, 0.29) is 18.0 Å². The maximum Gasteiger partial charge on any atom is 0.293 e. The molecule has 0 saturated carbocycles. The highest BCUT2D eigenvalue weighted by Crippen LogP contribution is 2.25. The van der Waals surface area contributed by atoms with Crippen LogP contribution < -0.4 is 5.32 Å². The maximum atomic E-state index is 12.9. The van der Waals surface area contributed by atoms with Crippen molar-refractivity contribution >= 4 is 23.5 Å². The Bertz CT molecular complexity index is 1310. The molecule has 36 heavy (non-hydrogen) atoms. The number of ketones is 1. The van der Waals surface area contributed by atoms with Gasteiger partial charge in [-0.3, -0.25) is 19.5 Å². The van der Waals surface area contributed by atoms with Crippen molar-refractivity contribution in [2.24, 2.45) is 0 Å². The second kappa shape index (κ2) is 10.5. The van der Waals surface area contributed by atoms with Crippen LogP contribution in [-0.4, -0.2) is 69.7 Å². The number of hydrogen-bond acceptors (Lipinski definition) is 7. The molecule has 1 aromatic carbocycles. The first kappa shape index (κ1) is 24.0. The largest absolute Gasteiger partial charge is 0.318 e. The third kappa shape index (κ3) is 5.72. The summed E-state index contributed by atoms with van der Waals surface area (Å²) in [6.45, 7) is 7.22. The van der Waals surface area contributed by atoms with Gasteiger partial charge >= 0.3 is 0 Å². The smallest absolute Gasteiger partial charge is 0.293 e. The second-order valence-electron chi connectivity index (χ2n) is 9.63. The third-order valence-electron chi connectivity index (χ3n) is 6.65. The van der Waals surface area contributed by atoms with Crippen LogP contribution in [0, 0.1) is 0 Å². The van der Waals surface area contributed by atoms with E-state index < -0.39 is 5.91 Å². The molecule has 3 aromatic rings. The summed E-state index contributed by atoms with van der Waals surface area (Å²) in [6, 6.07) is 11.4. The first-order valence-electron chi connectivity index (χ1n) is 12.3. The fraction of sp³-hybridized carbons (Fsp3) is 0.321. The number of carbonyl (C=O) groups is 2. The lowest BCUT2D eigenvalue weighted by Gasteiger charge is -2.32. The molecule has 2 aromatic heterocycles. The van der Waals surface area contributed by atoms with Gasteiger partial charge < -0.3 is 10.2 Å². The SMILES string of the molecule is CC1=Cc2cc(NC(=O)c3nccc(CC(=O)c4ccc(CN5CCN(C)CC5)cc4)n3)cnc2C1. The number of carbonyl (C=O) groups excluding carboxylic acids is 2. The number of benzene rings is 1. The highest BCUT2D eigenvalue weighted by molar-refractivity contribution is 6.02. The Morgan fingerprint density at radius 2 is 1.81 bits per heavy atom. The van der Waals surface area contributed by atoms with Crippen molar-refractivity contribution in [1.29, 1.82) is 0 Å². The summed E-state index contributed by atoms with van der Waals surface area (Å²) in [5.74, 6) is -0.454. The van der Waals surface area contributed by atoms with Crippen molar-refractivity contribution in [2.45, 2.75) is 26.3 Å². The number of anilines is 1. The minimum atomic E-state index is -0.432. The van der Waals surface area contributed by atoms with Crippen molar-refractivity contribution in [3.05, 3.63) is 88.3 Å². The number of nitrogens with one attached hydrogen (secondary N) is 1. The zero-order valence-corrected chi connectivity index (χ0v) is 20.7. The average Bonchev–Trinajstić information content (AvgIpc) is 3.25. The summed E-state index contributed by atoms with van der Waals surface area (Å²) in [5.41, 5.74) is 6.19. The number of fused-ring (bicyclic) bond motifs is 1. The van der Waals surface area contributed by atoms with Crippen LogP contribution in [0.25, 0.3) is 6.08 Å². The molecular formula is C28H30N6O2. The highest BCUT2D eigenvalue weighted by Gasteiger charge is 2.17. The van der Waals surface area contributed by atoms with E-state index in [1.165, 1.54) is 17.3 Å². The Morgan fingerprint density at radius 3 is 2.58 bits per heavy atom. The van der Waals surface area contributed by atoms with Crippen LogP contribution in [0.15, 0.2) is 54.4 Å². The van der Waals surface area contributed by atoms with Crippen molar-refractivity contribution in [3.8, 4) is 0 Å². The fourth-order valence-electron chi connectivity index (χ4n) is 4.55. The van der Waals surface area contributed by atoms with Gasteiger partial charge in [-0.05, 0) is 37.2 Å². The van der Waals surface area contributed by atoms with Crippen LogP contribution in [0.3, 0.4) is 0 Å². The van der Waals surface area contributed by atoms with Crippen molar-refractivity contribution in [2.75, 3.05) is 38.5 Å². The van der Waals surface area contributed by atoms with Gasteiger partial charge in [-0.2, -0.15) is 0 Å². The van der Waals surface area contributed by atoms with Gasteiger partial charge in [0.05, 0.1) is 29.7 Å². The molecule has 2 aliphatic rings. The average molecular weight is 483 g/mol. The van der Waals surface area contributed by atoms with Crippen molar-refractivity contribution in [1.82, 2.24) is 24.8 Å². The molecule has 0 bridgehead atoms. The number of piperazine rings is 1. The van der Waals surface area contributed by atoms with Gasteiger partial charge in [-0.15, -0.1) is 0 Å². The normalized spacial score (nSPS) is 15.9. The Labute approximate surface area is 211 Å². The number of amides is 1. The highest BCUT2D eigenvalue weighted by atomic mass is 16.2. The van der Waals surface area contributed by atoms with E-state index in [0.29, 0.717) is 16.9 Å². The Balaban J connectivity index is 1.19. The molecule has 5 rings (SSSR count). The molecule has 0 radical (unpaired) electrons. The molecule has 8 nitrogen and oxygen atoms in total. The van der Waals surface area contributed by atoms with E-state index in [4.69, 9.17) is 0 Å². The number of hydrogen-bond donors (Lipinski definition) is 1. The molecule has 1 amide bonds. The lowest BCUT2D eigenvalue weighted by molar-refractivity contribution is 0.0984. The number of Topliss-reactive ketones (excluding diaryl/α,β-unsaturated/α-hetero) is 1. The standard InChI is InChI=1S/C28H30N6O2/c1-19-13-22-15-24(17-30-25(22)14-19)32-28(36)27-29-8-7-23(31-27)16-26(35)21-5-3-20(4-6-21)18-34-11-9-33(2)10-12-34/h3-8,13,15,17H,9-12,14,16,18H2,1-2H3,(H,32,36). The van der Waals surface area contributed by atoms with Crippen LogP contribution in [-0.2, 0) is 19.4 Å². The van der Waals surface area contributed by atoms with Gasteiger partial charge in [0.1, 0.15) is 0 Å². The minimum Gasteiger partial charge on any atom is -0.318 e. The number of allylic oxidation sites excluding steroid dienone is 1. The molecule has 184 valence electrons. The number of likely N-dealkylation sites (N-methyl/N-ethyl adjacent to an activating group) is 1. The minimum absolute atomic E-state index is 0.0232. The van der Waals surface area contributed by atoms with Gasteiger partial charge in [0.25, 0.3) is 5.91 Å². The molecule has 1 saturated heterocycles. The molecule has 0 unspecified atom stereocenters. The first-order chi connectivity index (χ1) is 17.4. The van der Waals surface area contributed by atoms with Crippen LogP contribution in [0.5, 0.6) is 0 Å². The molecule has 1 aliphatic heterocycles. The van der Waals surface area contributed by atoms with Gasteiger partial charge in [0.2, 0.25) is 5.82 Å². The monoisotopic (exact) mass is 482 g/mol. The number of pyridine rings is 1. The maximum absolute atomic E-state index is 12.9. The summed E-state index contributed by atoms with van der Waals surface area (Å²) in [7, 11) is 2.15. The molecule has 8 heteroatoms. The molecule has 0 atom stereocenters. The van der Waals surface area contributed by atoms with Gasteiger partial charge in [0, 0.05) is 50.9 Å². The van der Waals surface area contributed by atoms with Gasteiger partial charge in [0.15, 0.2) is 5.78 Å². The van der Waals surface area contributed by atoms with Gasteiger partial charge in [-0.25, -0.2) is 9.97 Å². The van der Waals surface area contributed by atoms with Crippen LogP contribution >= 0.6 is 0 Å². The molecule has 0 spiro atoms. The molecule has 1 N–H and O–H groups in total. The van der Waals surface area contributed by atoms with E-state index in [9.17, 15) is 9.59 Å². The first-order valence-corrected chi connectivity index (χ1v) is 12.3. The number of rotatable bonds is 7. The summed E-state index contributed by atoms with van der Waals surface area (Å²) in [5, 5.41) is 2.81. The van der Waals surface area contributed by atoms with Crippen LogP contribution in [0.4, 0.5) is 5.69 Å². The molecule has 3 heterocycles. The van der Waals surface area contributed by atoms with E-state index in [0.717, 1.165) is 50.4 Å². The summed E-state index contributed by atoms with van der Waals surface area (Å²) < 4.78 is 0. The summed E-state index contributed by atoms with van der Waals surface area (Å²) >= 11 is 0. The fourth-order valence-corrected chi connectivity index (χ4v) is 4.55. The quantitative estimate of drug-likeness (QED) is 0.517. The number of nitrogens with zero attached hydrogens (tertiary/aromatic N) is 5. The molecule has 1 fully saturated rings. The van der Waals surface area contributed by atoms with E-state index in [1.807, 2.05) is 30.3 Å². The van der Waals surface area contributed by atoms with Crippen LogP contribution in [0.2, 0.25) is 0 Å². The molecular weight excluding hydrogens is 452 g/mol. The Kier molecular flexibility index (Phi) is 6.97. The van der Waals surface area contributed by atoms with E-state index in [1.54, 1.807) is 12.3 Å². The van der Waals surface area contributed by atoms with Crippen molar-refractivity contribution < 1.29 is 9.59 Å². The van der Waals surface area contributed by atoms with Crippen molar-refractivity contribution in [3.63, 3.8) is 0 Å². The second-order valence-corrected chi connectivity index (χ2v) is 9.63.